The Balaban J connectivity index is 2.14. The molecule has 2 N–H and O–H groups in total. The Labute approximate surface area is 115 Å². The molecule has 1 aromatic rings. The summed E-state index contributed by atoms with van der Waals surface area (Å²) >= 11 is 0. The summed E-state index contributed by atoms with van der Waals surface area (Å²) < 4.78 is 23.1. The zero-order valence-corrected chi connectivity index (χ0v) is 11.0. The Morgan fingerprint density at radius 1 is 1.45 bits per heavy atom. The number of nitrogen functional groups attached to an aromatic ring is 1. The highest BCUT2D eigenvalue weighted by atomic mass is 19.1. The number of amides is 1. The molecule has 7 heteroatoms. The van der Waals surface area contributed by atoms with Gasteiger partial charge in [0.15, 0.2) is 6.10 Å². The number of anilines is 1. The maximum atomic E-state index is 13.3. The van der Waals surface area contributed by atoms with Crippen molar-refractivity contribution >= 4 is 17.6 Å². The van der Waals surface area contributed by atoms with Gasteiger partial charge in [-0.05, 0) is 18.2 Å². The number of nitrogens with two attached hydrogens (primary N) is 1. The fourth-order valence-corrected chi connectivity index (χ4v) is 2.03. The molecule has 1 atom stereocenters. The monoisotopic (exact) mass is 282 g/mol. The van der Waals surface area contributed by atoms with Crippen LogP contribution >= 0.6 is 0 Å². The second-order valence-corrected chi connectivity index (χ2v) is 4.41. The van der Waals surface area contributed by atoms with Gasteiger partial charge in [0.2, 0.25) is 0 Å². The molecule has 2 rings (SSSR count). The summed E-state index contributed by atoms with van der Waals surface area (Å²) in [4.78, 5) is 25.1. The molecule has 0 saturated carbocycles. The van der Waals surface area contributed by atoms with Crippen molar-refractivity contribution in [3.8, 4) is 0 Å². The number of carbonyl (C=O) groups is 2. The summed E-state index contributed by atoms with van der Waals surface area (Å²) in [6.45, 7) is 0.612. The molecule has 1 heterocycles. The van der Waals surface area contributed by atoms with Gasteiger partial charge < -0.3 is 20.1 Å². The summed E-state index contributed by atoms with van der Waals surface area (Å²) in [6, 6.07) is 3.64. The number of morpholine rings is 1. The number of ether oxygens (including phenoxy) is 2. The quantitative estimate of drug-likeness (QED) is 0.628. The van der Waals surface area contributed by atoms with E-state index in [9.17, 15) is 14.0 Å². The first-order valence-corrected chi connectivity index (χ1v) is 6.06. The molecule has 6 nitrogen and oxygen atoms in total. The average Bonchev–Trinajstić information content (AvgIpc) is 2.44. The minimum atomic E-state index is -0.816. The normalized spacial score (nSPS) is 18.7. The molecule has 0 aliphatic carbocycles. The summed E-state index contributed by atoms with van der Waals surface area (Å²) in [5, 5.41) is 0. The number of hydrogen-bond acceptors (Lipinski definition) is 5. The minimum Gasteiger partial charge on any atom is -0.467 e. The van der Waals surface area contributed by atoms with Crippen LogP contribution in [-0.4, -0.2) is 49.7 Å². The SMILES string of the molecule is COC(=O)C1CN(C(=O)c2cc(N)cc(F)c2)CCO1. The van der Waals surface area contributed by atoms with E-state index in [4.69, 9.17) is 10.5 Å². The van der Waals surface area contributed by atoms with Crippen LogP contribution in [0.5, 0.6) is 0 Å². The standard InChI is InChI=1S/C13H15FN2O4/c1-19-13(18)11-7-16(2-3-20-11)12(17)8-4-9(14)6-10(15)5-8/h4-6,11H,2-3,7,15H2,1H3. The van der Waals surface area contributed by atoms with E-state index < -0.39 is 23.8 Å². The van der Waals surface area contributed by atoms with Gasteiger partial charge >= 0.3 is 5.97 Å². The Bertz CT molecular complexity index is 515. The number of hydrogen-bond donors (Lipinski definition) is 1. The molecule has 0 aromatic heterocycles. The van der Waals surface area contributed by atoms with Gasteiger partial charge in [-0.15, -0.1) is 0 Å². The van der Waals surface area contributed by atoms with Crippen LogP contribution in [0.25, 0.3) is 0 Å². The zero-order valence-electron chi connectivity index (χ0n) is 11.0. The first-order valence-electron chi connectivity index (χ1n) is 6.06. The molecule has 0 spiro atoms. The van der Waals surface area contributed by atoms with Crippen molar-refractivity contribution in [2.24, 2.45) is 0 Å². The predicted molar refractivity (Wildman–Crippen MR) is 68.5 cm³/mol. The first-order chi connectivity index (χ1) is 9.51. The molecule has 0 bridgehead atoms. The molecule has 1 unspecified atom stereocenters. The van der Waals surface area contributed by atoms with Crippen molar-refractivity contribution in [1.29, 1.82) is 0 Å². The van der Waals surface area contributed by atoms with Crippen LogP contribution in [0.3, 0.4) is 0 Å². The molecule has 1 aliphatic rings. The molecular formula is C13H15FN2O4. The van der Waals surface area contributed by atoms with Gasteiger partial charge in [0, 0.05) is 17.8 Å². The Morgan fingerprint density at radius 3 is 2.85 bits per heavy atom. The van der Waals surface area contributed by atoms with Gasteiger partial charge in [-0.2, -0.15) is 0 Å². The largest absolute Gasteiger partial charge is 0.467 e. The number of halogens is 1. The van der Waals surface area contributed by atoms with Crippen molar-refractivity contribution in [3.63, 3.8) is 0 Å². The molecule has 0 radical (unpaired) electrons. The van der Waals surface area contributed by atoms with Crippen LogP contribution in [0.15, 0.2) is 18.2 Å². The van der Waals surface area contributed by atoms with Crippen LogP contribution in [0.4, 0.5) is 10.1 Å². The van der Waals surface area contributed by atoms with E-state index in [1.807, 2.05) is 0 Å². The highest BCUT2D eigenvalue weighted by Crippen LogP contribution is 2.15. The van der Waals surface area contributed by atoms with Gasteiger partial charge in [-0.25, -0.2) is 9.18 Å². The van der Waals surface area contributed by atoms with E-state index in [-0.39, 0.29) is 24.4 Å². The summed E-state index contributed by atoms with van der Waals surface area (Å²) in [6.07, 6.45) is -0.816. The Morgan fingerprint density at radius 2 is 2.20 bits per heavy atom. The Hall–Kier alpha value is -2.15. The van der Waals surface area contributed by atoms with Crippen molar-refractivity contribution in [2.75, 3.05) is 32.5 Å². The van der Waals surface area contributed by atoms with Crippen molar-refractivity contribution < 1.29 is 23.5 Å². The maximum absolute atomic E-state index is 13.3. The third-order valence-corrected chi connectivity index (χ3v) is 2.98. The summed E-state index contributed by atoms with van der Waals surface area (Å²) in [7, 11) is 1.25. The van der Waals surface area contributed by atoms with Crippen LogP contribution < -0.4 is 5.73 Å². The van der Waals surface area contributed by atoms with E-state index in [1.165, 1.54) is 18.1 Å². The number of rotatable bonds is 2. The van der Waals surface area contributed by atoms with Crippen LogP contribution in [0.1, 0.15) is 10.4 Å². The number of benzene rings is 1. The van der Waals surface area contributed by atoms with Crippen LogP contribution in [0.2, 0.25) is 0 Å². The predicted octanol–water partition coefficient (Wildman–Crippen LogP) is 0.422. The van der Waals surface area contributed by atoms with Crippen molar-refractivity contribution in [2.45, 2.75) is 6.10 Å². The third-order valence-electron chi connectivity index (χ3n) is 2.98. The molecule has 1 aliphatic heterocycles. The molecule has 1 aromatic carbocycles. The number of nitrogens with zero attached hydrogens (tertiary/aromatic N) is 1. The lowest BCUT2D eigenvalue weighted by molar-refractivity contribution is -0.158. The zero-order chi connectivity index (χ0) is 14.7. The smallest absolute Gasteiger partial charge is 0.336 e. The fourth-order valence-electron chi connectivity index (χ4n) is 2.03. The van der Waals surface area contributed by atoms with Gasteiger partial charge in [-0.1, -0.05) is 0 Å². The topological polar surface area (TPSA) is 81.9 Å². The molecule has 1 saturated heterocycles. The van der Waals surface area contributed by atoms with Crippen LogP contribution in [0, 0.1) is 5.82 Å². The summed E-state index contributed by atoms with van der Waals surface area (Å²) in [5.41, 5.74) is 5.83. The van der Waals surface area contributed by atoms with E-state index in [0.29, 0.717) is 6.54 Å². The van der Waals surface area contributed by atoms with Crippen LogP contribution in [-0.2, 0) is 14.3 Å². The van der Waals surface area contributed by atoms with E-state index in [2.05, 4.69) is 4.74 Å². The van der Waals surface area contributed by atoms with E-state index in [1.54, 1.807) is 0 Å². The lowest BCUT2D eigenvalue weighted by Crippen LogP contribution is -2.48. The molecule has 20 heavy (non-hydrogen) atoms. The second kappa shape index (κ2) is 5.87. The number of methoxy groups -OCH3 is 1. The van der Waals surface area contributed by atoms with Gasteiger partial charge in [0.25, 0.3) is 5.91 Å². The lowest BCUT2D eigenvalue weighted by Gasteiger charge is -2.31. The summed E-state index contributed by atoms with van der Waals surface area (Å²) in [5.74, 6) is -1.51. The molecule has 108 valence electrons. The average molecular weight is 282 g/mol. The third kappa shape index (κ3) is 3.05. The molecular weight excluding hydrogens is 267 g/mol. The minimum absolute atomic E-state index is 0.0714. The van der Waals surface area contributed by atoms with Gasteiger partial charge in [0.05, 0.1) is 20.3 Å². The van der Waals surface area contributed by atoms with Crippen molar-refractivity contribution in [3.05, 3.63) is 29.6 Å². The Kier molecular flexibility index (Phi) is 4.19. The van der Waals surface area contributed by atoms with Crippen molar-refractivity contribution in [1.82, 2.24) is 4.90 Å². The highest BCUT2D eigenvalue weighted by Gasteiger charge is 2.30. The lowest BCUT2D eigenvalue weighted by atomic mass is 10.1. The molecule has 1 amide bonds. The van der Waals surface area contributed by atoms with Gasteiger partial charge in [-0.3, -0.25) is 4.79 Å². The fraction of sp³-hybridized carbons (Fsp3) is 0.385. The second-order valence-electron chi connectivity index (χ2n) is 4.41. The van der Waals surface area contributed by atoms with Gasteiger partial charge in [0.1, 0.15) is 5.82 Å². The molecule has 1 fully saturated rings. The van der Waals surface area contributed by atoms with E-state index in [0.717, 1.165) is 12.1 Å². The highest BCUT2D eigenvalue weighted by molar-refractivity contribution is 5.95. The first kappa shape index (κ1) is 14.3. The number of esters is 1. The van der Waals surface area contributed by atoms with E-state index >= 15 is 0 Å². The number of carbonyl (C=O) groups excluding carboxylic acids is 2. The maximum Gasteiger partial charge on any atom is 0.336 e.